The fourth-order valence-electron chi connectivity index (χ4n) is 0.834. The second-order valence-corrected chi connectivity index (χ2v) is 2.34. The number of hydrogen-bond acceptors (Lipinski definition) is 4. The maximum absolute atomic E-state index is 10.6. The van der Waals surface area contributed by atoms with Crippen molar-refractivity contribution in [1.82, 2.24) is 5.32 Å². The first-order chi connectivity index (χ1) is 7.22. The van der Waals surface area contributed by atoms with Crippen LogP contribution in [0.2, 0.25) is 0 Å². The number of likely N-dealkylation sites (N-methyl/N-ethyl adjacent to an activating group) is 1. The SMILES string of the molecule is CC.CNC(CCCC=O)C(N)=O.CO. The number of primary amides is 1. The number of aliphatic hydroxyl groups excluding tert-OH is 1. The van der Waals surface area contributed by atoms with Gasteiger partial charge in [-0.25, -0.2) is 0 Å². The molecule has 0 heterocycles. The largest absolute Gasteiger partial charge is 0.400 e. The molecule has 4 N–H and O–H groups in total. The van der Waals surface area contributed by atoms with E-state index in [0.717, 1.165) is 13.4 Å². The molecule has 1 unspecified atom stereocenters. The number of aliphatic hydroxyl groups is 1. The van der Waals surface area contributed by atoms with Gasteiger partial charge in [-0.3, -0.25) is 4.79 Å². The van der Waals surface area contributed by atoms with Crippen LogP contribution in [-0.4, -0.2) is 37.5 Å². The van der Waals surface area contributed by atoms with Gasteiger partial charge in [-0.15, -0.1) is 0 Å². The summed E-state index contributed by atoms with van der Waals surface area (Å²) >= 11 is 0. The van der Waals surface area contributed by atoms with Crippen molar-refractivity contribution in [3.8, 4) is 0 Å². The Hall–Kier alpha value is -0.940. The van der Waals surface area contributed by atoms with Crippen molar-refractivity contribution < 1.29 is 14.7 Å². The molecule has 0 aliphatic carbocycles. The molecule has 5 heteroatoms. The Bertz CT molecular complexity index is 141. The average Bonchev–Trinajstić information content (AvgIpc) is 2.29. The molecule has 15 heavy (non-hydrogen) atoms. The molecule has 0 aliphatic rings. The van der Waals surface area contributed by atoms with Crippen LogP contribution in [0.25, 0.3) is 0 Å². The van der Waals surface area contributed by atoms with Crippen molar-refractivity contribution >= 4 is 12.2 Å². The summed E-state index contributed by atoms with van der Waals surface area (Å²) in [5.41, 5.74) is 5.04. The van der Waals surface area contributed by atoms with Crippen molar-refractivity contribution in [3.05, 3.63) is 0 Å². The summed E-state index contributed by atoms with van der Waals surface area (Å²) in [6, 6.07) is -0.296. The van der Waals surface area contributed by atoms with E-state index in [2.05, 4.69) is 5.32 Å². The van der Waals surface area contributed by atoms with Gasteiger partial charge in [0.1, 0.15) is 6.29 Å². The van der Waals surface area contributed by atoms with E-state index >= 15 is 0 Å². The molecule has 5 nitrogen and oxygen atoms in total. The highest BCUT2D eigenvalue weighted by atomic mass is 16.2. The first-order valence-electron chi connectivity index (χ1n) is 5.07. The molecular formula is C10H24N2O3. The standard InChI is InChI=1S/C7H14N2O2.C2H6.CH4O/c1-9-6(7(8)11)4-2-3-5-10;2*1-2/h5-6,9H,2-4H2,1H3,(H2,8,11);1-2H3;2H,1H3. The Balaban J connectivity index is -0.000000318. The topological polar surface area (TPSA) is 92.4 Å². The molecule has 1 atom stereocenters. The minimum atomic E-state index is -0.363. The molecule has 92 valence electrons. The Morgan fingerprint density at radius 3 is 2.20 bits per heavy atom. The molecule has 0 spiro atoms. The Morgan fingerprint density at radius 1 is 1.47 bits per heavy atom. The lowest BCUT2D eigenvalue weighted by atomic mass is 10.1. The van der Waals surface area contributed by atoms with Crippen molar-refractivity contribution in [3.63, 3.8) is 0 Å². The molecule has 0 rings (SSSR count). The number of rotatable bonds is 6. The second kappa shape index (κ2) is 18.8. The lowest BCUT2D eigenvalue weighted by Gasteiger charge is -2.09. The van der Waals surface area contributed by atoms with Gasteiger partial charge in [0.05, 0.1) is 6.04 Å². The highest BCUT2D eigenvalue weighted by Crippen LogP contribution is 1.97. The quantitative estimate of drug-likeness (QED) is 0.436. The predicted molar refractivity (Wildman–Crippen MR) is 61.4 cm³/mol. The Labute approximate surface area is 92.0 Å². The number of carbonyl (C=O) groups excluding carboxylic acids is 2. The fraction of sp³-hybridized carbons (Fsp3) is 0.800. The van der Waals surface area contributed by atoms with Crippen molar-refractivity contribution in [2.24, 2.45) is 5.73 Å². The first kappa shape index (κ1) is 19.6. The molecule has 0 aromatic heterocycles. The summed E-state index contributed by atoms with van der Waals surface area (Å²) in [4.78, 5) is 20.5. The van der Waals surface area contributed by atoms with Gasteiger partial charge >= 0.3 is 0 Å². The second-order valence-electron chi connectivity index (χ2n) is 2.34. The van der Waals surface area contributed by atoms with Crippen LogP contribution in [0.4, 0.5) is 0 Å². The van der Waals surface area contributed by atoms with E-state index in [0.29, 0.717) is 19.3 Å². The maximum atomic E-state index is 10.6. The zero-order valence-electron chi connectivity index (χ0n) is 10.1. The first-order valence-corrected chi connectivity index (χ1v) is 5.07. The third kappa shape index (κ3) is 15.8. The van der Waals surface area contributed by atoms with Crippen molar-refractivity contribution in [1.29, 1.82) is 0 Å². The monoisotopic (exact) mass is 220 g/mol. The van der Waals surface area contributed by atoms with Crippen molar-refractivity contribution in [2.45, 2.75) is 39.2 Å². The summed E-state index contributed by atoms with van der Waals surface area (Å²) in [5, 5.41) is 9.77. The van der Waals surface area contributed by atoms with Gasteiger partial charge in [0.15, 0.2) is 0 Å². The molecule has 0 saturated heterocycles. The normalized spacial score (nSPS) is 9.93. The van der Waals surface area contributed by atoms with E-state index in [-0.39, 0.29) is 11.9 Å². The summed E-state index contributed by atoms with van der Waals surface area (Å²) < 4.78 is 0. The van der Waals surface area contributed by atoms with E-state index in [1.165, 1.54) is 0 Å². The van der Waals surface area contributed by atoms with Crippen LogP contribution in [0, 0.1) is 0 Å². The van der Waals surface area contributed by atoms with Crippen LogP contribution in [-0.2, 0) is 9.59 Å². The number of nitrogens with two attached hydrogens (primary N) is 1. The van der Waals surface area contributed by atoms with Crippen molar-refractivity contribution in [2.75, 3.05) is 14.2 Å². The average molecular weight is 220 g/mol. The fourth-order valence-corrected chi connectivity index (χ4v) is 0.834. The maximum Gasteiger partial charge on any atom is 0.234 e. The van der Waals surface area contributed by atoms with E-state index in [1.807, 2.05) is 13.8 Å². The number of hydrogen-bond donors (Lipinski definition) is 3. The smallest absolute Gasteiger partial charge is 0.234 e. The molecule has 0 aliphatic heterocycles. The van der Waals surface area contributed by atoms with E-state index in [1.54, 1.807) is 7.05 Å². The highest BCUT2D eigenvalue weighted by molar-refractivity contribution is 5.79. The predicted octanol–water partition coefficient (Wildman–Crippen LogP) is 0.0636. The van der Waals surface area contributed by atoms with Gasteiger partial charge < -0.3 is 21.0 Å². The Morgan fingerprint density at radius 2 is 1.93 bits per heavy atom. The van der Waals surface area contributed by atoms with Gasteiger partial charge in [0, 0.05) is 13.5 Å². The minimum absolute atomic E-state index is 0.296. The summed E-state index contributed by atoms with van der Waals surface area (Å²) in [6.07, 6.45) is 2.67. The van der Waals surface area contributed by atoms with Crippen LogP contribution >= 0.6 is 0 Å². The zero-order chi connectivity index (χ0) is 12.7. The van der Waals surface area contributed by atoms with Gasteiger partial charge in [0.25, 0.3) is 0 Å². The zero-order valence-corrected chi connectivity index (χ0v) is 10.1. The molecular weight excluding hydrogens is 196 g/mol. The molecule has 0 radical (unpaired) electrons. The lowest BCUT2D eigenvalue weighted by Crippen LogP contribution is -2.38. The molecule has 0 fully saturated rings. The minimum Gasteiger partial charge on any atom is -0.400 e. The van der Waals surface area contributed by atoms with Gasteiger partial charge in [-0.05, 0) is 19.9 Å². The van der Waals surface area contributed by atoms with Crippen LogP contribution in [0.3, 0.4) is 0 Å². The van der Waals surface area contributed by atoms with Gasteiger partial charge in [-0.2, -0.15) is 0 Å². The van der Waals surface area contributed by atoms with Crippen LogP contribution in [0.1, 0.15) is 33.1 Å². The lowest BCUT2D eigenvalue weighted by molar-refractivity contribution is -0.120. The number of unbranched alkanes of at least 4 members (excludes halogenated alkanes) is 1. The summed E-state index contributed by atoms with van der Waals surface area (Å²) in [7, 11) is 2.68. The van der Waals surface area contributed by atoms with E-state index in [9.17, 15) is 9.59 Å². The summed E-state index contributed by atoms with van der Waals surface area (Å²) in [5.74, 6) is -0.363. The molecule has 0 aromatic rings. The highest BCUT2D eigenvalue weighted by Gasteiger charge is 2.10. The third-order valence-corrected chi connectivity index (χ3v) is 1.51. The number of nitrogens with one attached hydrogen (secondary N) is 1. The molecule has 0 bridgehead atoms. The van der Waals surface area contributed by atoms with Gasteiger partial charge in [0.2, 0.25) is 5.91 Å². The van der Waals surface area contributed by atoms with Crippen LogP contribution < -0.4 is 11.1 Å². The van der Waals surface area contributed by atoms with Gasteiger partial charge in [-0.1, -0.05) is 13.8 Å². The number of amides is 1. The van der Waals surface area contributed by atoms with Crippen LogP contribution in [0.15, 0.2) is 0 Å². The molecule has 0 saturated carbocycles. The molecule has 0 aromatic carbocycles. The van der Waals surface area contributed by atoms with Crippen LogP contribution in [0.5, 0.6) is 0 Å². The van der Waals surface area contributed by atoms with E-state index in [4.69, 9.17) is 10.8 Å². The molecule has 1 amide bonds. The number of aldehydes is 1. The third-order valence-electron chi connectivity index (χ3n) is 1.51. The number of carbonyl (C=O) groups is 2. The van der Waals surface area contributed by atoms with E-state index < -0.39 is 0 Å². The Kier molecular flexibility index (Phi) is 24.5. The summed E-state index contributed by atoms with van der Waals surface area (Å²) in [6.45, 7) is 4.00.